The van der Waals surface area contributed by atoms with Crippen LogP contribution in [0.25, 0.3) is 0 Å². The molecule has 0 fully saturated rings. The van der Waals surface area contributed by atoms with Gasteiger partial charge >= 0.3 is 0 Å². The molecule has 1 aromatic rings. The minimum atomic E-state index is -3.56. The molecule has 0 saturated heterocycles. The van der Waals surface area contributed by atoms with Crippen LogP contribution in [-0.4, -0.2) is 30.8 Å². The Labute approximate surface area is 118 Å². The number of aromatic nitrogens is 1. The topological polar surface area (TPSA) is 94.3 Å². The van der Waals surface area contributed by atoms with Gasteiger partial charge in [0.15, 0.2) is 0 Å². The number of nitrogens with one attached hydrogen (secondary N) is 1. The van der Waals surface area contributed by atoms with E-state index < -0.39 is 15.3 Å². The van der Waals surface area contributed by atoms with Gasteiger partial charge in [-0.25, -0.2) is 18.1 Å². The fourth-order valence-corrected chi connectivity index (χ4v) is 3.35. The SMILES string of the molecule is CCC(C(N)=S)S(=O)(=O)NCc1ccc(OC)nc1. The number of nitrogens with zero attached hydrogens (tertiary/aromatic N) is 1. The van der Waals surface area contributed by atoms with Crippen LogP contribution >= 0.6 is 12.2 Å². The maximum absolute atomic E-state index is 12.0. The van der Waals surface area contributed by atoms with Gasteiger partial charge in [-0.15, -0.1) is 0 Å². The number of thiocarbonyl (C=S) groups is 1. The Hall–Kier alpha value is -1.25. The second-order valence-corrected chi connectivity index (χ2v) is 6.29. The second-order valence-electron chi connectivity index (χ2n) is 3.87. The number of sulfonamides is 1. The van der Waals surface area contributed by atoms with Crippen LogP contribution in [0.4, 0.5) is 0 Å². The minimum Gasteiger partial charge on any atom is -0.481 e. The fourth-order valence-electron chi connectivity index (χ4n) is 1.49. The van der Waals surface area contributed by atoms with Crippen molar-refractivity contribution in [1.82, 2.24) is 9.71 Å². The van der Waals surface area contributed by atoms with Crippen LogP contribution in [0.1, 0.15) is 18.9 Å². The summed E-state index contributed by atoms with van der Waals surface area (Å²) in [6.45, 7) is 1.86. The zero-order valence-corrected chi connectivity index (χ0v) is 12.4. The summed E-state index contributed by atoms with van der Waals surface area (Å²) in [5.41, 5.74) is 6.15. The zero-order valence-electron chi connectivity index (χ0n) is 10.8. The molecular weight excluding hydrogens is 286 g/mol. The van der Waals surface area contributed by atoms with Crippen molar-refractivity contribution in [3.63, 3.8) is 0 Å². The first-order valence-corrected chi connectivity index (χ1v) is 7.63. The van der Waals surface area contributed by atoms with E-state index in [-0.39, 0.29) is 11.5 Å². The first-order chi connectivity index (χ1) is 8.90. The van der Waals surface area contributed by atoms with Gasteiger partial charge in [0.05, 0.1) is 12.1 Å². The third kappa shape index (κ3) is 4.41. The second kappa shape index (κ2) is 6.78. The van der Waals surface area contributed by atoms with E-state index in [1.807, 2.05) is 0 Å². The number of rotatable bonds is 7. The standard InChI is InChI=1S/C11H17N3O3S2/c1-3-9(11(12)18)19(15,16)14-7-8-4-5-10(17-2)13-6-8/h4-6,9,14H,3,7H2,1-2H3,(H2,12,18). The van der Waals surface area contributed by atoms with Crippen molar-refractivity contribution in [2.45, 2.75) is 25.1 Å². The van der Waals surface area contributed by atoms with Crippen molar-refractivity contribution < 1.29 is 13.2 Å². The molecule has 1 heterocycles. The first-order valence-electron chi connectivity index (χ1n) is 5.67. The van der Waals surface area contributed by atoms with Gasteiger partial charge in [0.1, 0.15) is 5.25 Å². The molecule has 8 heteroatoms. The molecule has 1 unspecified atom stereocenters. The lowest BCUT2D eigenvalue weighted by molar-refractivity contribution is 0.397. The third-order valence-electron chi connectivity index (χ3n) is 2.55. The van der Waals surface area contributed by atoms with Crippen LogP contribution in [0.3, 0.4) is 0 Å². The van der Waals surface area contributed by atoms with Crippen LogP contribution < -0.4 is 15.2 Å². The van der Waals surface area contributed by atoms with E-state index in [0.29, 0.717) is 12.3 Å². The van der Waals surface area contributed by atoms with Gasteiger partial charge in [-0.1, -0.05) is 25.2 Å². The monoisotopic (exact) mass is 303 g/mol. The van der Waals surface area contributed by atoms with E-state index in [0.717, 1.165) is 5.56 Å². The summed E-state index contributed by atoms with van der Waals surface area (Å²) < 4.78 is 31.3. The molecule has 0 spiro atoms. The van der Waals surface area contributed by atoms with Crippen LogP contribution in [0, 0.1) is 0 Å². The quantitative estimate of drug-likeness (QED) is 0.715. The molecule has 0 aromatic carbocycles. The number of nitrogens with two attached hydrogens (primary N) is 1. The van der Waals surface area contributed by atoms with Gasteiger partial charge in [0.25, 0.3) is 0 Å². The van der Waals surface area contributed by atoms with E-state index in [9.17, 15) is 8.42 Å². The van der Waals surface area contributed by atoms with Crippen molar-refractivity contribution in [3.8, 4) is 5.88 Å². The predicted molar refractivity (Wildman–Crippen MR) is 77.4 cm³/mol. The highest BCUT2D eigenvalue weighted by molar-refractivity contribution is 7.93. The number of methoxy groups -OCH3 is 1. The Balaban J connectivity index is 2.71. The van der Waals surface area contributed by atoms with E-state index in [1.165, 1.54) is 7.11 Å². The Morgan fingerprint density at radius 1 is 1.58 bits per heavy atom. The van der Waals surface area contributed by atoms with Crippen LogP contribution in [-0.2, 0) is 16.6 Å². The zero-order chi connectivity index (χ0) is 14.5. The largest absolute Gasteiger partial charge is 0.481 e. The smallest absolute Gasteiger partial charge is 0.221 e. The Morgan fingerprint density at radius 2 is 2.26 bits per heavy atom. The Bertz CT molecular complexity index is 529. The van der Waals surface area contributed by atoms with Crippen molar-refractivity contribution in [2.24, 2.45) is 5.73 Å². The van der Waals surface area contributed by atoms with Gasteiger partial charge < -0.3 is 10.5 Å². The molecule has 0 bridgehead atoms. The third-order valence-corrected chi connectivity index (χ3v) is 4.86. The number of pyridine rings is 1. The maximum atomic E-state index is 12.0. The first kappa shape index (κ1) is 15.8. The minimum absolute atomic E-state index is 0.0251. The summed E-state index contributed by atoms with van der Waals surface area (Å²) in [5.74, 6) is 0.473. The molecule has 0 aliphatic rings. The molecule has 1 rings (SSSR count). The highest BCUT2D eigenvalue weighted by Gasteiger charge is 2.25. The lowest BCUT2D eigenvalue weighted by Crippen LogP contribution is -2.41. The molecular formula is C11H17N3O3S2. The highest BCUT2D eigenvalue weighted by Crippen LogP contribution is 2.09. The molecule has 6 nitrogen and oxygen atoms in total. The Morgan fingerprint density at radius 3 is 2.68 bits per heavy atom. The summed E-state index contributed by atoms with van der Waals surface area (Å²) in [4.78, 5) is 3.97. The summed E-state index contributed by atoms with van der Waals surface area (Å²) in [5, 5.41) is -0.853. The summed E-state index contributed by atoms with van der Waals surface area (Å²) in [6, 6.07) is 3.39. The lowest BCUT2D eigenvalue weighted by Gasteiger charge is -2.15. The lowest BCUT2D eigenvalue weighted by atomic mass is 10.3. The van der Waals surface area contributed by atoms with Gasteiger partial charge in [-0.3, -0.25) is 0 Å². The summed E-state index contributed by atoms with van der Waals surface area (Å²) >= 11 is 4.76. The maximum Gasteiger partial charge on any atom is 0.221 e. The van der Waals surface area contributed by atoms with Crippen LogP contribution in [0.2, 0.25) is 0 Å². The van der Waals surface area contributed by atoms with Crippen molar-refractivity contribution in [2.75, 3.05) is 7.11 Å². The molecule has 0 saturated carbocycles. The number of hydrogen-bond acceptors (Lipinski definition) is 5. The molecule has 1 aromatic heterocycles. The van der Waals surface area contributed by atoms with Crippen LogP contribution in [0.15, 0.2) is 18.3 Å². The van der Waals surface area contributed by atoms with E-state index >= 15 is 0 Å². The molecule has 106 valence electrons. The van der Waals surface area contributed by atoms with E-state index in [4.69, 9.17) is 22.7 Å². The van der Waals surface area contributed by atoms with E-state index in [2.05, 4.69) is 9.71 Å². The highest BCUT2D eigenvalue weighted by atomic mass is 32.2. The fraction of sp³-hybridized carbons (Fsp3) is 0.455. The molecule has 0 aliphatic carbocycles. The van der Waals surface area contributed by atoms with Gasteiger partial charge in [0, 0.05) is 18.8 Å². The van der Waals surface area contributed by atoms with Crippen molar-refractivity contribution >= 4 is 27.2 Å². The van der Waals surface area contributed by atoms with Gasteiger partial charge in [-0.05, 0) is 12.0 Å². The van der Waals surface area contributed by atoms with Gasteiger partial charge in [0.2, 0.25) is 15.9 Å². The molecule has 19 heavy (non-hydrogen) atoms. The normalized spacial score (nSPS) is 12.9. The number of ether oxygens (including phenoxy) is 1. The average Bonchev–Trinajstić information content (AvgIpc) is 2.37. The molecule has 0 amide bonds. The van der Waals surface area contributed by atoms with Crippen molar-refractivity contribution in [1.29, 1.82) is 0 Å². The molecule has 3 N–H and O–H groups in total. The van der Waals surface area contributed by atoms with E-state index in [1.54, 1.807) is 25.3 Å². The average molecular weight is 303 g/mol. The molecule has 0 aliphatic heterocycles. The molecule has 0 radical (unpaired) electrons. The summed E-state index contributed by atoms with van der Waals surface area (Å²) in [6.07, 6.45) is 1.88. The Kier molecular flexibility index (Phi) is 5.64. The molecule has 1 atom stereocenters. The van der Waals surface area contributed by atoms with Crippen molar-refractivity contribution in [3.05, 3.63) is 23.9 Å². The summed E-state index contributed by atoms with van der Waals surface area (Å²) in [7, 11) is -2.05. The number of hydrogen-bond donors (Lipinski definition) is 2. The van der Waals surface area contributed by atoms with Crippen LogP contribution in [0.5, 0.6) is 5.88 Å². The van der Waals surface area contributed by atoms with Gasteiger partial charge in [-0.2, -0.15) is 0 Å². The predicted octanol–water partition coefficient (Wildman–Crippen LogP) is 0.574.